The summed E-state index contributed by atoms with van der Waals surface area (Å²) in [6.07, 6.45) is -0.777. The first-order chi connectivity index (χ1) is 6.19. The summed E-state index contributed by atoms with van der Waals surface area (Å²) in [6, 6.07) is 5.20. The molecule has 0 amide bonds. The minimum atomic E-state index is -0.777. The van der Waals surface area contributed by atoms with Crippen molar-refractivity contribution in [2.45, 2.75) is 6.10 Å². The monoisotopic (exact) mass is 181 g/mol. The van der Waals surface area contributed by atoms with Crippen LogP contribution in [0.3, 0.4) is 0 Å². The first-order valence-corrected chi connectivity index (χ1v) is 3.92. The summed E-state index contributed by atoms with van der Waals surface area (Å²) in [5.41, 5.74) is 0.656. The lowest BCUT2D eigenvalue weighted by molar-refractivity contribution is 0.220. The van der Waals surface area contributed by atoms with Gasteiger partial charge in [-0.2, -0.15) is 0 Å². The molecule has 1 unspecified atom stereocenters. The first kappa shape index (κ1) is 9.86. The number of hydrogen-bond acceptors (Lipinski definition) is 3. The molecule has 1 rings (SSSR count). The molecule has 0 saturated carbocycles. The van der Waals surface area contributed by atoms with E-state index in [0.717, 1.165) is 0 Å². The van der Waals surface area contributed by atoms with Crippen molar-refractivity contribution in [3.05, 3.63) is 30.7 Å². The molecular weight excluding hydrogens is 168 g/mol. The molecule has 3 nitrogen and oxygen atoms in total. The highest BCUT2D eigenvalue weighted by molar-refractivity contribution is 5.42. The smallest absolute Gasteiger partial charge is 0.128 e. The number of rotatable bonds is 3. The second kappa shape index (κ2) is 4.14. The number of methoxy groups -OCH3 is 2. The summed E-state index contributed by atoms with van der Waals surface area (Å²) < 4.78 is 10.1. The standard InChI is InChI=1S/C10H13O3/c1-7(11)9-5-4-8(12-2)6-10(9)13-3/h4-7,11H,1H2,2-3H3. The Labute approximate surface area is 77.9 Å². The zero-order valence-electron chi connectivity index (χ0n) is 7.78. The van der Waals surface area contributed by atoms with Gasteiger partial charge in [-0.1, -0.05) is 0 Å². The van der Waals surface area contributed by atoms with Crippen molar-refractivity contribution < 1.29 is 14.6 Å². The molecule has 1 aromatic carbocycles. The molecule has 0 fully saturated rings. The van der Waals surface area contributed by atoms with Crippen LogP contribution in [0.4, 0.5) is 0 Å². The van der Waals surface area contributed by atoms with Crippen molar-refractivity contribution >= 4 is 0 Å². The lowest BCUT2D eigenvalue weighted by atomic mass is 10.1. The molecule has 0 bridgehead atoms. The Kier molecular flexibility index (Phi) is 3.14. The van der Waals surface area contributed by atoms with E-state index in [1.165, 1.54) is 0 Å². The van der Waals surface area contributed by atoms with Crippen molar-refractivity contribution in [1.29, 1.82) is 0 Å². The molecular formula is C10H13O3. The van der Waals surface area contributed by atoms with Crippen molar-refractivity contribution in [2.75, 3.05) is 14.2 Å². The third kappa shape index (κ3) is 2.12. The summed E-state index contributed by atoms with van der Waals surface area (Å²) in [5, 5.41) is 9.27. The Morgan fingerprint density at radius 3 is 2.46 bits per heavy atom. The third-order valence-corrected chi connectivity index (χ3v) is 1.80. The van der Waals surface area contributed by atoms with Gasteiger partial charge in [-0.05, 0) is 19.1 Å². The highest BCUT2D eigenvalue weighted by atomic mass is 16.5. The van der Waals surface area contributed by atoms with Gasteiger partial charge in [0, 0.05) is 11.6 Å². The van der Waals surface area contributed by atoms with Crippen LogP contribution in [0.2, 0.25) is 0 Å². The van der Waals surface area contributed by atoms with Gasteiger partial charge in [0.05, 0.1) is 20.3 Å². The van der Waals surface area contributed by atoms with E-state index in [9.17, 15) is 5.11 Å². The maximum atomic E-state index is 9.27. The molecule has 0 saturated heterocycles. The number of aliphatic hydroxyl groups is 1. The summed E-state index contributed by atoms with van der Waals surface area (Å²) in [4.78, 5) is 0. The molecule has 0 aliphatic rings. The Morgan fingerprint density at radius 2 is 2.00 bits per heavy atom. The summed E-state index contributed by atoms with van der Waals surface area (Å²) in [6.45, 7) is 3.51. The molecule has 0 aromatic heterocycles. The third-order valence-electron chi connectivity index (χ3n) is 1.80. The maximum Gasteiger partial charge on any atom is 0.128 e. The average molecular weight is 181 g/mol. The quantitative estimate of drug-likeness (QED) is 0.769. The van der Waals surface area contributed by atoms with Gasteiger partial charge in [-0.15, -0.1) is 0 Å². The van der Waals surface area contributed by atoms with E-state index in [4.69, 9.17) is 9.47 Å². The average Bonchev–Trinajstić information content (AvgIpc) is 2.16. The van der Waals surface area contributed by atoms with E-state index >= 15 is 0 Å². The Balaban J connectivity index is 3.08. The van der Waals surface area contributed by atoms with E-state index in [1.807, 2.05) is 0 Å². The van der Waals surface area contributed by atoms with Crippen LogP contribution >= 0.6 is 0 Å². The Morgan fingerprint density at radius 1 is 1.31 bits per heavy atom. The van der Waals surface area contributed by atoms with E-state index in [-0.39, 0.29) is 0 Å². The van der Waals surface area contributed by atoms with Gasteiger partial charge in [0.15, 0.2) is 0 Å². The second-order valence-corrected chi connectivity index (χ2v) is 2.62. The Bertz CT molecular complexity index is 281. The van der Waals surface area contributed by atoms with Crippen molar-refractivity contribution in [1.82, 2.24) is 0 Å². The first-order valence-electron chi connectivity index (χ1n) is 3.92. The lowest BCUT2D eigenvalue weighted by Crippen LogP contribution is -1.97. The van der Waals surface area contributed by atoms with Crippen LogP contribution in [0.5, 0.6) is 11.5 Å². The highest BCUT2D eigenvalue weighted by Crippen LogP contribution is 2.28. The van der Waals surface area contributed by atoms with Gasteiger partial charge < -0.3 is 14.6 Å². The van der Waals surface area contributed by atoms with Gasteiger partial charge in [0.2, 0.25) is 0 Å². The molecule has 0 spiro atoms. The summed E-state index contributed by atoms with van der Waals surface area (Å²) >= 11 is 0. The minimum absolute atomic E-state index is 0.585. The largest absolute Gasteiger partial charge is 0.497 e. The molecule has 1 atom stereocenters. The molecule has 71 valence electrons. The number of ether oxygens (including phenoxy) is 2. The SMILES string of the molecule is [CH2]C(O)c1ccc(OC)cc1OC. The van der Waals surface area contributed by atoms with Crippen LogP contribution in [-0.2, 0) is 0 Å². The fourth-order valence-electron chi connectivity index (χ4n) is 1.09. The predicted molar refractivity (Wildman–Crippen MR) is 49.9 cm³/mol. The molecule has 13 heavy (non-hydrogen) atoms. The van der Waals surface area contributed by atoms with Crippen LogP contribution < -0.4 is 9.47 Å². The van der Waals surface area contributed by atoms with Gasteiger partial charge >= 0.3 is 0 Å². The van der Waals surface area contributed by atoms with Crippen LogP contribution in [0.25, 0.3) is 0 Å². The number of hydrogen-bond donors (Lipinski definition) is 1. The number of aliphatic hydroxyl groups excluding tert-OH is 1. The molecule has 0 heterocycles. The molecule has 1 N–H and O–H groups in total. The zero-order chi connectivity index (χ0) is 9.84. The summed E-state index contributed by atoms with van der Waals surface area (Å²) in [7, 11) is 3.12. The molecule has 0 aliphatic carbocycles. The topological polar surface area (TPSA) is 38.7 Å². The van der Waals surface area contributed by atoms with E-state index < -0.39 is 6.10 Å². The zero-order valence-corrected chi connectivity index (χ0v) is 7.78. The Hall–Kier alpha value is -1.22. The van der Waals surface area contributed by atoms with Crippen LogP contribution in [0, 0.1) is 6.92 Å². The molecule has 0 aliphatic heterocycles. The van der Waals surface area contributed by atoms with E-state index in [0.29, 0.717) is 17.1 Å². The van der Waals surface area contributed by atoms with Gasteiger partial charge in [-0.25, -0.2) is 0 Å². The van der Waals surface area contributed by atoms with E-state index in [2.05, 4.69) is 6.92 Å². The maximum absolute atomic E-state index is 9.27. The molecule has 3 heteroatoms. The van der Waals surface area contributed by atoms with Crippen LogP contribution in [0.1, 0.15) is 11.7 Å². The second-order valence-electron chi connectivity index (χ2n) is 2.62. The van der Waals surface area contributed by atoms with Crippen molar-refractivity contribution in [3.8, 4) is 11.5 Å². The minimum Gasteiger partial charge on any atom is -0.497 e. The summed E-state index contributed by atoms with van der Waals surface area (Å²) in [5.74, 6) is 1.28. The van der Waals surface area contributed by atoms with Crippen molar-refractivity contribution in [3.63, 3.8) is 0 Å². The lowest BCUT2D eigenvalue weighted by Gasteiger charge is -2.11. The van der Waals surface area contributed by atoms with Crippen LogP contribution in [-0.4, -0.2) is 19.3 Å². The van der Waals surface area contributed by atoms with Crippen LogP contribution in [0.15, 0.2) is 18.2 Å². The molecule has 1 aromatic rings. The van der Waals surface area contributed by atoms with Gasteiger partial charge in [0.25, 0.3) is 0 Å². The fourth-order valence-corrected chi connectivity index (χ4v) is 1.09. The van der Waals surface area contributed by atoms with Gasteiger partial charge in [0.1, 0.15) is 11.5 Å². The fraction of sp³-hybridized carbons (Fsp3) is 0.300. The molecule has 1 radical (unpaired) electrons. The normalized spacial score (nSPS) is 12.3. The van der Waals surface area contributed by atoms with E-state index in [1.54, 1.807) is 32.4 Å². The predicted octanol–water partition coefficient (Wildman–Crippen LogP) is 1.57. The van der Waals surface area contributed by atoms with Crippen molar-refractivity contribution in [2.24, 2.45) is 0 Å². The highest BCUT2D eigenvalue weighted by Gasteiger charge is 2.09. The van der Waals surface area contributed by atoms with Gasteiger partial charge in [-0.3, -0.25) is 0 Å². The number of benzene rings is 1.